The molecule has 0 radical (unpaired) electrons. The van der Waals surface area contributed by atoms with Crippen LogP contribution in [0.1, 0.15) is 38.5 Å². The molecular formula is C17H21N3O3S. The maximum absolute atomic E-state index is 12.1. The molecule has 0 fully saturated rings. The summed E-state index contributed by atoms with van der Waals surface area (Å²) in [5.74, 6) is 0. The van der Waals surface area contributed by atoms with Crippen molar-refractivity contribution in [3.63, 3.8) is 0 Å². The number of hydrogen-bond donors (Lipinski definition) is 3. The van der Waals surface area contributed by atoms with Gasteiger partial charge in [0.1, 0.15) is 5.65 Å². The standard InChI is InChI=1S/C15H15N3O3S.C2H6/c1-2-3-4-8-5-6-10(22-8)9-7-11(19)16-13-12(9)14(20)18-15(21)17-13;1-2/h5-7H,2-4H2,1H3,(H3,16,17,18,19,20,21);1-2H3. The Kier molecular flexibility index (Phi) is 5.92. The molecule has 3 heterocycles. The number of aromatic nitrogens is 3. The van der Waals surface area contributed by atoms with E-state index in [1.54, 1.807) is 11.3 Å². The first-order valence-corrected chi connectivity index (χ1v) is 8.89. The Labute approximate surface area is 142 Å². The highest BCUT2D eigenvalue weighted by Crippen LogP contribution is 2.30. The summed E-state index contributed by atoms with van der Waals surface area (Å²) < 4.78 is 0. The number of thiophene rings is 1. The number of nitrogens with one attached hydrogen (secondary N) is 3. The topological polar surface area (TPSA) is 98.6 Å². The van der Waals surface area contributed by atoms with Gasteiger partial charge < -0.3 is 4.98 Å². The summed E-state index contributed by atoms with van der Waals surface area (Å²) in [5, 5.41) is 0.295. The Bertz CT molecular complexity index is 989. The number of aromatic amines is 3. The zero-order valence-electron chi connectivity index (χ0n) is 14.0. The van der Waals surface area contributed by atoms with Crippen molar-refractivity contribution in [2.75, 3.05) is 0 Å². The number of H-pyrrole nitrogens is 3. The molecule has 128 valence electrons. The number of hydrogen-bond acceptors (Lipinski definition) is 4. The molecule has 0 amide bonds. The SMILES string of the molecule is CC.CCCCc1ccc(-c2cc(=O)[nH]c3[nH]c(=O)[nH]c(=O)c23)s1. The van der Waals surface area contributed by atoms with Crippen LogP contribution < -0.4 is 16.8 Å². The number of rotatable bonds is 4. The third kappa shape index (κ3) is 3.73. The lowest BCUT2D eigenvalue weighted by Gasteiger charge is -2.02. The fraction of sp³-hybridized carbons (Fsp3) is 0.353. The minimum atomic E-state index is -0.639. The smallest absolute Gasteiger partial charge is 0.308 e. The molecule has 0 spiro atoms. The lowest BCUT2D eigenvalue weighted by atomic mass is 10.1. The Hall–Kier alpha value is -2.41. The second kappa shape index (κ2) is 7.92. The summed E-state index contributed by atoms with van der Waals surface area (Å²) in [6.07, 6.45) is 3.20. The molecule has 0 saturated heterocycles. The molecule has 0 atom stereocenters. The monoisotopic (exact) mass is 347 g/mol. The van der Waals surface area contributed by atoms with Crippen molar-refractivity contribution < 1.29 is 0 Å². The number of aryl methyl sites for hydroxylation is 1. The van der Waals surface area contributed by atoms with Gasteiger partial charge >= 0.3 is 5.69 Å². The van der Waals surface area contributed by atoms with E-state index in [4.69, 9.17) is 0 Å². The molecule has 3 aromatic heterocycles. The van der Waals surface area contributed by atoms with Crippen molar-refractivity contribution in [1.29, 1.82) is 0 Å². The highest BCUT2D eigenvalue weighted by molar-refractivity contribution is 7.15. The van der Waals surface area contributed by atoms with Crippen LogP contribution in [0.15, 0.2) is 32.6 Å². The van der Waals surface area contributed by atoms with Gasteiger partial charge in [-0.15, -0.1) is 11.3 Å². The fourth-order valence-electron chi connectivity index (χ4n) is 2.40. The average molecular weight is 347 g/mol. The molecule has 3 N–H and O–H groups in total. The number of unbranched alkanes of at least 4 members (excludes halogenated alkanes) is 1. The van der Waals surface area contributed by atoms with E-state index in [-0.39, 0.29) is 11.2 Å². The minimum Gasteiger partial charge on any atom is -0.308 e. The van der Waals surface area contributed by atoms with E-state index < -0.39 is 11.2 Å². The molecule has 24 heavy (non-hydrogen) atoms. The summed E-state index contributed by atoms with van der Waals surface area (Å²) in [7, 11) is 0. The van der Waals surface area contributed by atoms with E-state index >= 15 is 0 Å². The van der Waals surface area contributed by atoms with Gasteiger partial charge in [-0.05, 0) is 25.0 Å². The molecule has 7 heteroatoms. The van der Waals surface area contributed by atoms with Crippen molar-refractivity contribution in [3.05, 3.63) is 54.3 Å². The van der Waals surface area contributed by atoms with Crippen molar-refractivity contribution in [1.82, 2.24) is 15.0 Å². The zero-order valence-corrected chi connectivity index (χ0v) is 14.8. The summed E-state index contributed by atoms with van der Waals surface area (Å²) in [4.78, 5) is 44.5. The van der Waals surface area contributed by atoms with E-state index in [0.717, 1.165) is 24.1 Å². The Balaban J connectivity index is 0.00000100. The minimum absolute atomic E-state index is 0.153. The Morgan fingerprint density at radius 1 is 1.04 bits per heavy atom. The predicted molar refractivity (Wildman–Crippen MR) is 99.1 cm³/mol. The maximum Gasteiger partial charge on any atom is 0.327 e. The maximum atomic E-state index is 12.1. The molecule has 3 rings (SSSR count). The molecule has 0 aliphatic carbocycles. The van der Waals surface area contributed by atoms with Gasteiger partial charge in [0.25, 0.3) is 5.56 Å². The van der Waals surface area contributed by atoms with E-state index in [9.17, 15) is 14.4 Å². The lowest BCUT2D eigenvalue weighted by Crippen LogP contribution is -2.24. The van der Waals surface area contributed by atoms with Crippen LogP contribution in [-0.4, -0.2) is 15.0 Å². The first kappa shape index (κ1) is 17.9. The van der Waals surface area contributed by atoms with Crippen molar-refractivity contribution in [2.24, 2.45) is 0 Å². The van der Waals surface area contributed by atoms with Gasteiger partial charge in [0.2, 0.25) is 5.56 Å². The van der Waals surface area contributed by atoms with Crippen LogP contribution in [-0.2, 0) is 6.42 Å². The van der Waals surface area contributed by atoms with Crippen molar-refractivity contribution in [3.8, 4) is 10.4 Å². The second-order valence-electron chi connectivity index (χ2n) is 5.08. The van der Waals surface area contributed by atoms with Crippen LogP contribution >= 0.6 is 11.3 Å². The van der Waals surface area contributed by atoms with Crippen molar-refractivity contribution in [2.45, 2.75) is 40.0 Å². The normalized spacial score (nSPS) is 10.5. The highest BCUT2D eigenvalue weighted by atomic mass is 32.1. The Morgan fingerprint density at radius 2 is 1.79 bits per heavy atom. The molecule has 6 nitrogen and oxygen atoms in total. The first-order valence-electron chi connectivity index (χ1n) is 8.07. The second-order valence-corrected chi connectivity index (χ2v) is 6.24. The third-order valence-corrected chi connectivity index (χ3v) is 4.62. The summed E-state index contributed by atoms with van der Waals surface area (Å²) in [6.45, 7) is 6.13. The Morgan fingerprint density at radius 3 is 2.50 bits per heavy atom. The molecule has 0 aromatic carbocycles. The largest absolute Gasteiger partial charge is 0.327 e. The number of fused-ring (bicyclic) bond motifs is 1. The molecule has 3 aromatic rings. The van der Waals surface area contributed by atoms with Crippen LogP contribution in [0, 0.1) is 0 Å². The van der Waals surface area contributed by atoms with Gasteiger partial charge in [0.05, 0.1) is 5.39 Å². The zero-order chi connectivity index (χ0) is 17.7. The van der Waals surface area contributed by atoms with E-state index in [1.165, 1.54) is 10.9 Å². The van der Waals surface area contributed by atoms with E-state index in [2.05, 4.69) is 21.9 Å². The quantitative estimate of drug-likeness (QED) is 0.676. The molecule has 0 aliphatic heterocycles. The van der Waals surface area contributed by atoms with E-state index in [1.807, 2.05) is 26.0 Å². The van der Waals surface area contributed by atoms with Gasteiger partial charge in [-0.3, -0.25) is 19.6 Å². The number of pyridine rings is 1. The molecule has 0 bridgehead atoms. The van der Waals surface area contributed by atoms with Gasteiger partial charge in [0.15, 0.2) is 0 Å². The molecule has 0 unspecified atom stereocenters. The third-order valence-electron chi connectivity index (χ3n) is 3.44. The van der Waals surface area contributed by atoms with E-state index in [0.29, 0.717) is 10.9 Å². The van der Waals surface area contributed by atoms with Gasteiger partial charge in [-0.2, -0.15) is 0 Å². The first-order chi connectivity index (χ1) is 11.6. The van der Waals surface area contributed by atoms with Crippen LogP contribution in [0.4, 0.5) is 0 Å². The highest BCUT2D eigenvalue weighted by Gasteiger charge is 2.12. The van der Waals surface area contributed by atoms with Crippen LogP contribution in [0.3, 0.4) is 0 Å². The summed E-state index contributed by atoms with van der Waals surface area (Å²) >= 11 is 1.56. The van der Waals surface area contributed by atoms with Crippen molar-refractivity contribution >= 4 is 22.4 Å². The lowest BCUT2D eigenvalue weighted by molar-refractivity contribution is 0.804. The molecule has 0 aliphatic rings. The predicted octanol–water partition coefficient (Wildman–Crippen LogP) is 3.00. The summed E-state index contributed by atoms with van der Waals surface area (Å²) in [5.41, 5.74) is -0.801. The molecular weight excluding hydrogens is 326 g/mol. The van der Waals surface area contributed by atoms with Gasteiger partial charge in [-0.1, -0.05) is 27.2 Å². The van der Waals surface area contributed by atoms with Crippen LogP contribution in [0.2, 0.25) is 0 Å². The van der Waals surface area contributed by atoms with Gasteiger partial charge in [0, 0.05) is 21.4 Å². The molecule has 0 saturated carbocycles. The van der Waals surface area contributed by atoms with Gasteiger partial charge in [-0.25, -0.2) is 4.79 Å². The summed E-state index contributed by atoms with van der Waals surface area (Å²) in [6, 6.07) is 5.32. The van der Waals surface area contributed by atoms with Crippen LogP contribution in [0.5, 0.6) is 0 Å². The average Bonchev–Trinajstić information content (AvgIpc) is 3.02. The van der Waals surface area contributed by atoms with Crippen LogP contribution in [0.25, 0.3) is 21.5 Å². The fourth-order valence-corrected chi connectivity index (χ4v) is 3.47.